The number of carbonyl (C=O) groups excluding carboxylic acids is 2. The second-order valence-corrected chi connectivity index (χ2v) is 7.80. The number of nitrogens with zero attached hydrogens (tertiary/aromatic N) is 2. The van der Waals surface area contributed by atoms with E-state index < -0.39 is 11.2 Å². The lowest BCUT2D eigenvalue weighted by Crippen LogP contribution is -2.45. The Morgan fingerprint density at radius 2 is 2.03 bits per heavy atom. The van der Waals surface area contributed by atoms with Crippen molar-refractivity contribution in [2.24, 2.45) is 4.99 Å². The number of nitrogens with one attached hydrogen (secondary N) is 1. The van der Waals surface area contributed by atoms with Gasteiger partial charge in [-0.2, -0.15) is 0 Å². The summed E-state index contributed by atoms with van der Waals surface area (Å²) in [6.45, 7) is 2.27. The monoisotopic (exact) mass is 431 g/mol. The van der Waals surface area contributed by atoms with Crippen molar-refractivity contribution in [3.05, 3.63) is 59.1 Å². The van der Waals surface area contributed by atoms with Gasteiger partial charge in [0.25, 0.3) is 0 Å². The number of aromatic carboxylic acids is 1. The summed E-state index contributed by atoms with van der Waals surface area (Å²) < 4.78 is 0. The van der Waals surface area contributed by atoms with Crippen molar-refractivity contribution < 1.29 is 19.5 Å². The Bertz CT molecular complexity index is 995. The first-order valence-electron chi connectivity index (χ1n) is 8.83. The summed E-state index contributed by atoms with van der Waals surface area (Å²) in [4.78, 5) is 42.4. The van der Waals surface area contributed by atoms with E-state index in [4.69, 9.17) is 16.7 Å². The average molecular weight is 432 g/mol. The molecule has 0 bridgehead atoms. The normalized spacial score (nSPS) is 18.0. The van der Waals surface area contributed by atoms with Crippen LogP contribution in [0.5, 0.6) is 0 Å². The molecule has 0 saturated carbocycles. The number of rotatable bonds is 5. The number of amides is 2. The number of carbonyl (C=O) groups is 3. The Labute approximate surface area is 176 Å². The van der Waals surface area contributed by atoms with Gasteiger partial charge in [-0.05, 0) is 43.3 Å². The first-order valence-corrected chi connectivity index (χ1v) is 10.1. The minimum atomic E-state index is -1.09. The third-order valence-corrected chi connectivity index (χ3v) is 5.58. The summed E-state index contributed by atoms with van der Waals surface area (Å²) in [6.07, 6.45) is 0.0253. The number of benzene rings is 2. The van der Waals surface area contributed by atoms with Crippen molar-refractivity contribution in [2.45, 2.75) is 18.6 Å². The molecule has 1 heterocycles. The fraction of sp³-hybridized carbons (Fsp3) is 0.200. The van der Waals surface area contributed by atoms with Crippen LogP contribution in [0.15, 0.2) is 53.5 Å². The van der Waals surface area contributed by atoms with Crippen LogP contribution in [0.1, 0.15) is 23.7 Å². The lowest BCUT2D eigenvalue weighted by Gasteiger charge is -2.30. The first kappa shape index (κ1) is 20.9. The molecule has 9 heteroatoms. The Morgan fingerprint density at radius 3 is 2.72 bits per heavy atom. The smallest absolute Gasteiger partial charge is 0.335 e. The maximum absolute atomic E-state index is 12.7. The van der Waals surface area contributed by atoms with Crippen LogP contribution in [0.25, 0.3) is 0 Å². The highest BCUT2D eigenvalue weighted by Crippen LogP contribution is 2.30. The molecule has 29 heavy (non-hydrogen) atoms. The van der Waals surface area contributed by atoms with Gasteiger partial charge in [-0.15, -0.1) is 0 Å². The largest absolute Gasteiger partial charge is 0.478 e. The Balaban J connectivity index is 1.81. The van der Waals surface area contributed by atoms with Crippen molar-refractivity contribution in [3.63, 3.8) is 0 Å². The molecule has 1 fully saturated rings. The highest BCUT2D eigenvalue weighted by atomic mass is 35.5. The summed E-state index contributed by atoms with van der Waals surface area (Å²) >= 11 is 7.19. The number of amidine groups is 1. The number of hydrogen-bond acceptors (Lipinski definition) is 5. The summed E-state index contributed by atoms with van der Waals surface area (Å²) in [5.41, 5.74) is 1.01. The van der Waals surface area contributed by atoms with E-state index in [1.165, 1.54) is 28.8 Å². The topological polar surface area (TPSA) is 99.1 Å². The molecule has 2 aromatic rings. The van der Waals surface area contributed by atoms with Gasteiger partial charge in [-0.3, -0.25) is 14.5 Å². The first-order chi connectivity index (χ1) is 13.9. The van der Waals surface area contributed by atoms with E-state index >= 15 is 0 Å². The molecule has 0 aliphatic carbocycles. The molecule has 7 nitrogen and oxygen atoms in total. The summed E-state index contributed by atoms with van der Waals surface area (Å²) in [6, 6.07) is 12.9. The number of anilines is 1. The highest BCUT2D eigenvalue weighted by molar-refractivity contribution is 8.15. The van der Waals surface area contributed by atoms with Gasteiger partial charge in [0, 0.05) is 23.7 Å². The van der Waals surface area contributed by atoms with Gasteiger partial charge >= 0.3 is 5.97 Å². The molecule has 1 atom stereocenters. The molecule has 2 aromatic carbocycles. The lowest BCUT2D eigenvalue weighted by atomic mass is 10.2. The predicted molar refractivity (Wildman–Crippen MR) is 114 cm³/mol. The summed E-state index contributed by atoms with van der Waals surface area (Å²) in [5, 5.41) is 12.0. The molecule has 2 amide bonds. The standard InChI is InChI=1S/C20H18ClN3O4S/c1-2-24-17(25)11-16(29-20(24)23-15-8-4-6-13(21)10-15)18(26)22-14-7-3-5-12(9-14)19(27)28/h3-10,16H,2,11H2,1H3,(H,22,26)(H,27,28)/t16-/m0/s1. The molecular weight excluding hydrogens is 414 g/mol. The van der Waals surface area contributed by atoms with Crippen LogP contribution >= 0.6 is 23.4 Å². The molecular formula is C20H18ClN3O4S. The van der Waals surface area contributed by atoms with E-state index in [-0.39, 0.29) is 23.8 Å². The van der Waals surface area contributed by atoms with Gasteiger partial charge < -0.3 is 10.4 Å². The molecule has 1 aliphatic heterocycles. The zero-order chi connectivity index (χ0) is 21.0. The summed E-state index contributed by atoms with van der Waals surface area (Å²) in [7, 11) is 0. The molecule has 150 valence electrons. The van der Waals surface area contributed by atoms with Crippen molar-refractivity contribution >= 4 is 57.7 Å². The minimum Gasteiger partial charge on any atom is -0.478 e. The van der Waals surface area contributed by atoms with Gasteiger partial charge in [-0.25, -0.2) is 9.79 Å². The second-order valence-electron chi connectivity index (χ2n) is 6.20. The van der Waals surface area contributed by atoms with Crippen LogP contribution in [-0.4, -0.2) is 44.8 Å². The van der Waals surface area contributed by atoms with Crippen molar-refractivity contribution in [2.75, 3.05) is 11.9 Å². The van der Waals surface area contributed by atoms with E-state index in [0.29, 0.717) is 28.1 Å². The van der Waals surface area contributed by atoms with Crippen LogP contribution in [0.2, 0.25) is 5.02 Å². The number of carboxylic acids is 1. The Hall–Kier alpha value is -2.84. The van der Waals surface area contributed by atoms with E-state index in [1.54, 1.807) is 36.4 Å². The minimum absolute atomic E-state index is 0.0253. The maximum Gasteiger partial charge on any atom is 0.335 e. The molecule has 3 rings (SSSR count). The molecule has 0 aromatic heterocycles. The quantitative estimate of drug-likeness (QED) is 0.744. The number of carboxylic acid groups (broad SMARTS) is 1. The zero-order valence-electron chi connectivity index (χ0n) is 15.5. The van der Waals surface area contributed by atoms with Gasteiger partial charge in [-0.1, -0.05) is 35.5 Å². The third kappa shape index (κ3) is 5.16. The lowest BCUT2D eigenvalue weighted by molar-refractivity contribution is -0.129. The SMILES string of the molecule is CCN1C(=O)C[C@@H](C(=O)Nc2cccc(C(=O)O)c2)SC1=Nc1cccc(Cl)c1. The van der Waals surface area contributed by atoms with E-state index in [2.05, 4.69) is 10.3 Å². The molecule has 0 radical (unpaired) electrons. The van der Waals surface area contributed by atoms with Crippen LogP contribution in [0.4, 0.5) is 11.4 Å². The van der Waals surface area contributed by atoms with Gasteiger partial charge in [0.1, 0.15) is 5.25 Å². The molecule has 1 aliphatic rings. The predicted octanol–water partition coefficient (Wildman–Crippen LogP) is 4.02. The molecule has 0 unspecified atom stereocenters. The van der Waals surface area contributed by atoms with E-state index in [1.807, 2.05) is 6.92 Å². The van der Waals surface area contributed by atoms with Crippen molar-refractivity contribution in [1.82, 2.24) is 4.90 Å². The van der Waals surface area contributed by atoms with Gasteiger partial charge in [0.15, 0.2) is 5.17 Å². The summed E-state index contributed by atoms with van der Waals surface area (Å²) in [5.74, 6) is -1.68. The van der Waals surface area contributed by atoms with Crippen molar-refractivity contribution in [1.29, 1.82) is 0 Å². The second kappa shape index (κ2) is 9.11. The number of thioether (sulfide) groups is 1. The fourth-order valence-corrected chi connectivity index (χ4v) is 4.11. The van der Waals surface area contributed by atoms with Crippen LogP contribution < -0.4 is 5.32 Å². The fourth-order valence-electron chi connectivity index (χ4n) is 2.76. The number of halogens is 1. The van der Waals surface area contributed by atoms with Crippen molar-refractivity contribution in [3.8, 4) is 0 Å². The Kier molecular flexibility index (Phi) is 6.56. The maximum atomic E-state index is 12.7. The average Bonchev–Trinajstić information content (AvgIpc) is 2.68. The van der Waals surface area contributed by atoms with E-state index in [0.717, 1.165) is 0 Å². The van der Waals surface area contributed by atoms with Crippen LogP contribution in [0, 0.1) is 0 Å². The van der Waals surface area contributed by atoms with Crippen LogP contribution in [-0.2, 0) is 9.59 Å². The van der Waals surface area contributed by atoms with Gasteiger partial charge in [0.2, 0.25) is 11.8 Å². The van der Waals surface area contributed by atoms with E-state index in [9.17, 15) is 14.4 Å². The zero-order valence-corrected chi connectivity index (χ0v) is 17.0. The third-order valence-electron chi connectivity index (χ3n) is 4.16. The molecule has 1 saturated heterocycles. The van der Waals surface area contributed by atoms with Gasteiger partial charge in [0.05, 0.1) is 11.3 Å². The number of aliphatic imine (C=N–C) groups is 1. The molecule has 0 spiro atoms. The number of hydrogen-bond donors (Lipinski definition) is 2. The Morgan fingerprint density at radius 1 is 1.28 bits per heavy atom. The van der Waals surface area contributed by atoms with Crippen LogP contribution in [0.3, 0.4) is 0 Å². The highest BCUT2D eigenvalue weighted by Gasteiger charge is 2.35. The molecule has 2 N–H and O–H groups in total.